The van der Waals surface area contributed by atoms with Crippen LogP contribution in [0.1, 0.15) is 10.4 Å². The summed E-state index contributed by atoms with van der Waals surface area (Å²) in [5.41, 5.74) is 0.460. The highest BCUT2D eigenvalue weighted by Gasteiger charge is 2.39. The highest BCUT2D eigenvalue weighted by Crippen LogP contribution is 2.20. The van der Waals surface area contributed by atoms with E-state index in [0.29, 0.717) is 5.56 Å². The number of carbonyl (C=O) groups is 1. The fourth-order valence-electron chi connectivity index (χ4n) is 1.66. The van der Waals surface area contributed by atoms with E-state index in [1.807, 2.05) is 30.3 Å². The van der Waals surface area contributed by atoms with Gasteiger partial charge in [0.1, 0.15) is 0 Å². The summed E-state index contributed by atoms with van der Waals surface area (Å²) >= 11 is 0. The second-order valence-electron chi connectivity index (χ2n) is 3.48. The molecule has 0 atom stereocenters. The summed E-state index contributed by atoms with van der Waals surface area (Å²) in [6.45, 7) is 0. The Morgan fingerprint density at radius 2 is 1.82 bits per heavy atom. The third kappa shape index (κ3) is 1.89. The van der Waals surface area contributed by atoms with Crippen LogP contribution in [-0.2, 0) is 19.3 Å². The molecule has 0 saturated carbocycles. The molecule has 84 valence electrons. The van der Waals surface area contributed by atoms with Gasteiger partial charge < -0.3 is 4.65 Å². The molecule has 0 aliphatic carbocycles. The highest BCUT2D eigenvalue weighted by atomic mass is 17.6. The molecular weight excluding hydrogens is 223 g/mol. The maximum atomic E-state index is 11.8. The van der Waals surface area contributed by atoms with Crippen molar-refractivity contribution < 1.29 is 24.1 Å². The topological polar surface area (TPSA) is 54.0 Å². The van der Waals surface area contributed by atoms with E-state index in [-0.39, 0.29) is 0 Å². The van der Waals surface area contributed by atoms with E-state index in [2.05, 4.69) is 14.6 Å². The first-order valence-electron chi connectivity index (χ1n) is 5.02. The molecule has 0 bridgehead atoms. The van der Waals surface area contributed by atoms with Crippen LogP contribution in [0, 0.1) is 0 Å². The smallest absolute Gasteiger partial charge is 0.478 e. The van der Waals surface area contributed by atoms with Crippen molar-refractivity contribution in [1.82, 2.24) is 0 Å². The normalized spacial score (nSPS) is 14.5. The third-order valence-corrected chi connectivity index (χ3v) is 2.45. The Labute approximate surface area is 96.9 Å². The molecule has 17 heavy (non-hydrogen) atoms. The molecule has 1 saturated heterocycles. The van der Waals surface area contributed by atoms with Gasteiger partial charge in [-0.3, -0.25) is 0 Å². The zero-order chi connectivity index (χ0) is 11.7. The Kier molecular flexibility index (Phi) is 2.52. The van der Waals surface area contributed by atoms with Crippen LogP contribution in [0.25, 0.3) is 10.8 Å². The highest BCUT2D eigenvalue weighted by molar-refractivity contribution is 6.40. The minimum Gasteiger partial charge on any atom is -0.478 e. The van der Waals surface area contributed by atoms with Crippen molar-refractivity contribution in [3.05, 3.63) is 48.0 Å². The van der Waals surface area contributed by atoms with Crippen LogP contribution < -0.4 is 0 Å². The van der Waals surface area contributed by atoms with Gasteiger partial charge in [0.15, 0.2) is 0 Å². The van der Waals surface area contributed by atoms with E-state index >= 15 is 0 Å². The van der Waals surface area contributed by atoms with Gasteiger partial charge in [0.2, 0.25) is 0 Å². The summed E-state index contributed by atoms with van der Waals surface area (Å²) in [6, 6.07) is 12.9. The molecule has 0 aromatic heterocycles. The van der Waals surface area contributed by atoms with Gasteiger partial charge in [0, 0.05) is 0 Å². The van der Waals surface area contributed by atoms with E-state index in [4.69, 9.17) is 4.65 Å². The van der Waals surface area contributed by atoms with Crippen LogP contribution >= 0.6 is 0 Å². The summed E-state index contributed by atoms with van der Waals surface area (Å²) in [7, 11) is -1.08. The Hall–Kier alpha value is -1.89. The standard InChI is InChI=1S/C11H7BO5/c13-11(14-12-15-17-16-12)10-7-3-5-8-4-1-2-6-9(8)10/h1-7H. The summed E-state index contributed by atoms with van der Waals surface area (Å²) in [5, 5.41) is 5.77. The fourth-order valence-corrected chi connectivity index (χ4v) is 1.66. The van der Waals surface area contributed by atoms with Crippen molar-refractivity contribution in [2.45, 2.75) is 0 Å². The molecule has 0 unspecified atom stereocenters. The number of fused-ring (bicyclic) bond motifs is 1. The maximum absolute atomic E-state index is 11.8. The zero-order valence-corrected chi connectivity index (χ0v) is 8.66. The molecule has 2 aromatic rings. The van der Waals surface area contributed by atoms with Gasteiger partial charge in [-0.2, -0.15) is 9.61 Å². The van der Waals surface area contributed by atoms with Gasteiger partial charge in [-0.1, -0.05) is 41.4 Å². The lowest BCUT2D eigenvalue weighted by Gasteiger charge is -2.17. The molecule has 1 aliphatic heterocycles. The molecule has 3 rings (SSSR count). The summed E-state index contributed by atoms with van der Waals surface area (Å²) in [4.78, 5) is 20.6. The number of hydrogen-bond donors (Lipinski definition) is 0. The molecule has 0 N–H and O–H groups in total. The predicted octanol–water partition coefficient (Wildman–Crippen LogP) is 1.87. The van der Waals surface area contributed by atoms with Gasteiger partial charge in [-0.15, -0.1) is 0 Å². The van der Waals surface area contributed by atoms with E-state index in [1.54, 1.807) is 12.1 Å². The lowest BCUT2D eigenvalue weighted by Crippen LogP contribution is -2.38. The van der Waals surface area contributed by atoms with Gasteiger partial charge in [-0.25, -0.2) is 4.79 Å². The Bertz CT molecular complexity index is 561. The van der Waals surface area contributed by atoms with Crippen molar-refractivity contribution in [2.75, 3.05) is 0 Å². The van der Waals surface area contributed by atoms with E-state index in [9.17, 15) is 4.79 Å². The molecule has 1 fully saturated rings. The van der Waals surface area contributed by atoms with E-state index in [0.717, 1.165) is 10.8 Å². The van der Waals surface area contributed by atoms with Gasteiger partial charge in [-0.05, 0) is 16.8 Å². The second-order valence-corrected chi connectivity index (χ2v) is 3.48. The van der Waals surface area contributed by atoms with Crippen LogP contribution in [0.4, 0.5) is 0 Å². The average Bonchev–Trinajstić information content (AvgIpc) is 2.33. The first kappa shape index (κ1) is 10.3. The fraction of sp³-hybridized carbons (Fsp3) is 0. The number of benzene rings is 2. The molecule has 2 aromatic carbocycles. The molecular formula is C11H7BO5. The lowest BCUT2D eigenvalue weighted by atomic mass is 10.0. The second kappa shape index (κ2) is 4.17. The van der Waals surface area contributed by atoms with E-state index < -0.39 is 13.3 Å². The molecule has 0 amide bonds. The summed E-state index contributed by atoms with van der Waals surface area (Å²) < 4.78 is 4.87. The molecule has 0 radical (unpaired) electrons. The zero-order valence-electron chi connectivity index (χ0n) is 8.66. The SMILES string of the molecule is O=C(OB1OOO1)c1cccc2ccccc12. The van der Waals surface area contributed by atoms with Crippen molar-refractivity contribution in [2.24, 2.45) is 0 Å². The van der Waals surface area contributed by atoms with Crippen molar-refractivity contribution in [3.63, 3.8) is 0 Å². The molecule has 5 nitrogen and oxygen atoms in total. The lowest BCUT2D eigenvalue weighted by molar-refractivity contribution is -0.520. The van der Waals surface area contributed by atoms with Crippen LogP contribution in [0.3, 0.4) is 0 Å². The van der Waals surface area contributed by atoms with Crippen molar-refractivity contribution in [1.29, 1.82) is 0 Å². The summed E-state index contributed by atoms with van der Waals surface area (Å²) in [5.74, 6) is -0.518. The van der Waals surface area contributed by atoms with Gasteiger partial charge in [0.05, 0.1) is 5.56 Å². The summed E-state index contributed by atoms with van der Waals surface area (Å²) in [6.07, 6.45) is 0. The Morgan fingerprint density at radius 1 is 1.06 bits per heavy atom. The van der Waals surface area contributed by atoms with Crippen LogP contribution in [-0.4, -0.2) is 13.3 Å². The maximum Gasteiger partial charge on any atom is 0.777 e. The largest absolute Gasteiger partial charge is 0.777 e. The number of rotatable bonds is 2. The quantitative estimate of drug-likeness (QED) is 0.582. The third-order valence-electron chi connectivity index (χ3n) is 2.45. The van der Waals surface area contributed by atoms with Crippen LogP contribution in [0.15, 0.2) is 42.5 Å². The minimum absolute atomic E-state index is 0.460. The van der Waals surface area contributed by atoms with E-state index in [1.165, 1.54) is 0 Å². The molecule has 1 heterocycles. The molecule has 6 heteroatoms. The van der Waals surface area contributed by atoms with Gasteiger partial charge >= 0.3 is 13.3 Å². The van der Waals surface area contributed by atoms with Crippen molar-refractivity contribution >= 4 is 24.1 Å². The monoisotopic (exact) mass is 230 g/mol. The number of hydrogen-bond acceptors (Lipinski definition) is 5. The predicted molar refractivity (Wildman–Crippen MR) is 58.4 cm³/mol. The Balaban J connectivity index is 1.95. The van der Waals surface area contributed by atoms with Crippen LogP contribution in [0.2, 0.25) is 0 Å². The van der Waals surface area contributed by atoms with Crippen LogP contribution in [0.5, 0.6) is 0 Å². The van der Waals surface area contributed by atoms with Crippen molar-refractivity contribution in [3.8, 4) is 0 Å². The van der Waals surface area contributed by atoms with Gasteiger partial charge in [0.25, 0.3) is 0 Å². The first-order chi connectivity index (χ1) is 8.34. The molecule has 0 spiro atoms. The number of carbonyl (C=O) groups excluding carboxylic acids is 1. The first-order valence-corrected chi connectivity index (χ1v) is 5.02. The Morgan fingerprint density at radius 3 is 2.59 bits per heavy atom. The average molecular weight is 230 g/mol. The minimum atomic E-state index is -1.08. The molecule has 1 aliphatic rings.